The summed E-state index contributed by atoms with van der Waals surface area (Å²) in [6.07, 6.45) is -2.02. The van der Waals surface area contributed by atoms with E-state index in [1.165, 1.54) is 16.0 Å². The molecule has 6 heteroatoms. The zero-order valence-electron chi connectivity index (χ0n) is 15.1. The zero-order chi connectivity index (χ0) is 19.0. The highest BCUT2D eigenvalue weighted by Crippen LogP contribution is 2.44. The molecule has 1 aliphatic carbocycles. The lowest BCUT2D eigenvalue weighted by atomic mass is 9.98. The van der Waals surface area contributed by atoms with Gasteiger partial charge < -0.3 is 19.7 Å². The first kappa shape index (κ1) is 18.0. The first-order chi connectivity index (χ1) is 13.1. The molecule has 2 atom stereocenters. The third-order valence-electron chi connectivity index (χ3n) is 5.55. The Morgan fingerprint density at radius 2 is 1.70 bits per heavy atom. The van der Waals surface area contributed by atoms with Crippen LogP contribution in [0.15, 0.2) is 48.5 Å². The Balaban J connectivity index is 1.51. The molecular formula is C21H23NO5. The number of ether oxygens (including phenoxy) is 2. The summed E-state index contributed by atoms with van der Waals surface area (Å²) in [5, 5.41) is 19.2. The molecule has 0 radical (unpaired) electrons. The summed E-state index contributed by atoms with van der Waals surface area (Å²) in [5.74, 6) is -0.0281. The standard InChI is InChI=1S/C21H23NO5/c1-26-13-10-19(20(23)24)22(11-13)21(25)27-12-18-16-8-4-2-6-14(16)15-7-3-5-9-17(15)18/h2-9,13,18-20,23-24H,10-12H2,1H3/t13-,19+/m1/s1. The highest BCUT2D eigenvalue weighted by molar-refractivity contribution is 5.79. The first-order valence-corrected chi connectivity index (χ1v) is 9.10. The van der Waals surface area contributed by atoms with E-state index in [1.54, 1.807) is 7.11 Å². The summed E-state index contributed by atoms with van der Waals surface area (Å²) in [5.41, 5.74) is 4.61. The van der Waals surface area contributed by atoms with E-state index in [4.69, 9.17) is 9.47 Å². The van der Waals surface area contributed by atoms with Crippen LogP contribution in [-0.4, -0.2) is 59.9 Å². The lowest BCUT2D eigenvalue weighted by Gasteiger charge is -2.25. The fraction of sp³-hybridized carbons (Fsp3) is 0.381. The number of benzene rings is 2. The predicted molar refractivity (Wildman–Crippen MR) is 99.2 cm³/mol. The van der Waals surface area contributed by atoms with E-state index in [0.29, 0.717) is 6.42 Å². The van der Waals surface area contributed by atoms with Gasteiger partial charge in [0.2, 0.25) is 0 Å². The first-order valence-electron chi connectivity index (χ1n) is 9.10. The van der Waals surface area contributed by atoms with Crippen LogP contribution in [0, 0.1) is 0 Å². The van der Waals surface area contributed by atoms with Crippen molar-refractivity contribution in [2.24, 2.45) is 0 Å². The number of likely N-dealkylation sites (tertiary alicyclic amines) is 1. The molecule has 2 aliphatic rings. The number of methoxy groups -OCH3 is 1. The van der Waals surface area contributed by atoms with Gasteiger partial charge in [-0.05, 0) is 22.3 Å². The van der Waals surface area contributed by atoms with Crippen LogP contribution < -0.4 is 0 Å². The molecule has 1 aliphatic heterocycles. The van der Waals surface area contributed by atoms with Gasteiger partial charge in [0, 0.05) is 19.4 Å². The monoisotopic (exact) mass is 369 g/mol. The van der Waals surface area contributed by atoms with Crippen molar-refractivity contribution in [1.82, 2.24) is 4.90 Å². The number of hydrogen-bond donors (Lipinski definition) is 2. The summed E-state index contributed by atoms with van der Waals surface area (Å²) in [7, 11) is 1.55. The van der Waals surface area contributed by atoms with Gasteiger partial charge in [0.15, 0.2) is 6.29 Å². The fourth-order valence-electron chi connectivity index (χ4n) is 4.17. The molecule has 1 saturated heterocycles. The van der Waals surface area contributed by atoms with Gasteiger partial charge >= 0.3 is 6.09 Å². The van der Waals surface area contributed by atoms with Crippen LogP contribution in [-0.2, 0) is 9.47 Å². The highest BCUT2D eigenvalue weighted by atomic mass is 16.6. The smallest absolute Gasteiger partial charge is 0.410 e. The molecule has 0 saturated carbocycles. The molecule has 1 heterocycles. The molecule has 0 spiro atoms. The van der Waals surface area contributed by atoms with E-state index in [0.717, 1.165) is 11.1 Å². The lowest BCUT2D eigenvalue weighted by Crippen LogP contribution is -2.43. The van der Waals surface area contributed by atoms with Crippen molar-refractivity contribution in [3.05, 3.63) is 59.7 Å². The molecule has 0 aromatic heterocycles. The molecule has 2 N–H and O–H groups in total. The Bertz CT molecular complexity index is 791. The summed E-state index contributed by atoms with van der Waals surface area (Å²) < 4.78 is 10.9. The molecule has 4 rings (SSSR count). The number of aliphatic hydroxyl groups excluding tert-OH is 1. The van der Waals surface area contributed by atoms with Crippen molar-refractivity contribution >= 4 is 6.09 Å². The maximum Gasteiger partial charge on any atom is 0.410 e. The van der Waals surface area contributed by atoms with Crippen LogP contribution in [0.5, 0.6) is 0 Å². The maximum atomic E-state index is 12.6. The number of rotatable bonds is 4. The molecule has 0 unspecified atom stereocenters. The third-order valence-corrected chi connectivity index (χ3v) is 5.55. The normalized spacial score (nSPS) is 21.4. The highest BCUT2D eigenvalue weighted by Gasteiger charge is 2.40. The molecule has 142 valence electrons. The van der Waals surface area contributed by atoms with Crippen molar-refractivity contribution in [2.75, 3.05) is 20.3 Å². The van der Waals surface area contributed by atoms with E-state index >= 15 is 0 Å². The topological polar surface area (TPSA) is 79.2 Å². The minimum absolute atomic E-state index is 0.0281. The quantitative estimate of drug-likeness (QED) is 0.809. The van der Waals surface area contributed by atoms with E-state index in [-0.39, 0.29) is 25.2 Å². The van der Waals surface area contributed by atoms with Gasteiger partial charge in [0.1, 0.15) is 6.61 Å². The van der Waals surface area contributed by atoms with Gasteiger partial charge in [-0.15, -0.1) is 0 Å². The molecule has 6 nitrogen and oxygen atoms in total. The van der Waals surface area contributed by atoms with Crippen LogP contribution in [0.1, 0.15) is 23.5 Å². The molecular weight excluding hydrogens is 346 g/mol. The van der Waals surface area contributed by atoms with Gasteiger partial charge in [-0.25, -0.2) is 4.79 Å². The SMILES string of the molecule is CO[C@@H]1C[C@@H](C(O)O)N(C(=O)OCC2c3ccccc3-c3ccccc32)C1. The average Bonchev–Trinajstić information content (AvgIpc) is 3.26. The molecule has 0 bridgehead atoms. The van der Waals surface area contributed by atoms with Crippen LogP contribution in [0.2, 0.25) is 0 Å². The van der Waals surface area contributed by atoms with Crippen molar-refractivity contribution in [3.63, 3.8) is 0 Å². The summed E-state index contributed by atoms with van der Waals surface area (Å²) in [4.78, 5) is 14.0. The van der Waals surface area contributed by atoms with Crippen molar-refractivity contribution < 1.29 is 24.5 Å². The summed E-state index contributed by atoms with van der Waals surface area (Å²) >= 11 is 0. The van der Waals surface area contributed by atoms with Crippen molar-refractivity contribution in [1.29, 1.82) is 0 Å². The van der Waals surface area contributed by atoms with E-state index in [2.05, 4.69) is 24.3 Å². The van der Waals surface area contributed by atoms with Crippen LogP contribution in [0.4, 0.5) is 4.79 Å². The van der Waals surface area contributed by atoms with Gasteiger partial charge in [0.25, 0.3) is 0 Å². The molecule has 1 fully saturated rings. The number of nitrogens with zero attached hydrogens (tertiary/aromatic N) is 1. The number of hydrogen-bond acceptors (Lipinski definition) is 5. The largest absolute Gasteiger partial charge is 0.448 e. The number of aliphatic hydroxyl groups is 2. The predicted octanol–water partition coefficient (Wildman–Crippen LogP) is 2.34. The number of fused-ring (bicyclic) bond motifs is 3. The Morgan fingerprint density at radius 1 is 1.11 bits per heavy atom. The molecule has 27 heavy (non-hydrogen) atoms. The number of carbonyl (C=O) groups is 1. The fourth-order valence-corrected chi connectivity index (χ4v) is 4.17. The minimum atomic E-state index is -1.62. The van der Waals surface area contributed by atoms with Gasteiger partial charge in [0.05, 0.1) is 18.7 Å². The van der Waals surface area contributed by atoms with E-state index in [1.807, 2.05) is 24.3 Å². The maximum absolute atomic E-state index is 12.6. The second-order valence-corrected chi connectivity index (χ2v) is 7.03. The van der Waals surface area contributed by atoms with Gasteiger partial charge in [-0.3, -0.25) is 4.90 Å². The van der Waals surface area contributed by atoms with Crippen LogP contribution in [0.3, 0.4) is 0 Å². The van der Waals surface area contributed by atoms with Gasteiger partial charge in [-0.2, -0.15) is 0 Å². The minimum Gasteiger partial charge on any atom is -0.448 e. The van der Waals surface area contributed by atoms with Crippen LogP contribution in [0.25, 0.3) is 11.1 Å². The molecule has 1 amide bonds. The summed E-state index contributed by atoms with van der Waals surface area (Å²) in [6.45, 7) is 0.491. The van der Waals surface area contributed by atoms with Crippen LogP contribution >= 0.6 is 0 Å². The van der Waals surface area contributed by atoms with Crippen molar-refractivity contribution in [2.45, 2.75) is 30.8 Å². The Labute approximate surface area is 157 Å². The second kappa shape index (κ2) is 7.31. The summed E-state index contributed by atoms with van der Waals surface area (Å²) in [6, 6.07) is 15.6. The third kappa shape index (κ3) is 3.20. The van der Waals surface area contributed by atoms with Gasteiger partial charge in [-0.1, -0.05) is 48.5 Å². The Kier molecular flexibility index (Phi) is 4.86. The Morgan fingerprint density at radius 3 is 2.26 bits per heavy atom. The number of carbonyl (C=O) groups excluding carboxylic acids is 1. The zero-order valence-corrected chi connectivity index (χ0v) is 15.1. The molecule has 2 aromatic rings. The van der Waals surface area contributed by atoms with Crippen molar-refractivity contribution in [3.8, 4) is 11.1 Å². The lowest BCUT2D eigenvalue weighted by molar-refractivity contribution is -0.0877. The average molecular weight is 369 g/mol. The van der Waals surface area contributed by atoms with E-state index in [9.17, 15) is 15.0 Å². The number of amides is 1. The van der Waals surface area contributed by atoms with E-state index < -0.39 is 18.4 Å². The second-order valence-electron chi connectivity index (χ2n) is 7.03. The molecule has 2 aromatic carbocycles. The Hall–Kier alpha value is -2.41.